The summed E-state index contributed by atoms with van der Waals surface area (Å²) in [5, 5.41) is 2.88. The maximum absolute atomic E-state index is 12.2. The van der Waals surface area contributed by atoms with Crippen molar-refractivity contribution in [3.63, 3.8) is 0 Å². The largest absolute Gasteiger partial charge is 0.492 e. The first kappa shape index (κ1) is 15.6. The molecule has 0 aliphatic rings. The molecule has 0 aliphatic carbocycles. The molecule has 0 aliphatic heterocycles. The summed E-state index contributed by atoms with van der Waals surface area (Å²) in [5.74, 6) is 0.731. The Balaban J connectivity index is 1.82. The predicted octanol–water partition coefficient (Wildman–Crippen LogP) is 3.47. The van der Waals surface area contributed by atoms with E-state index in [1.165, 1.54) is 0 Å². The molecular weight excluding hydrogens is 332 g/mol. The van der Waals surface area contributed by atoms with Crippen molar-refractivity contribution in [1.29, 1.82) is 0 Å². The van der Waals surface area contributed by atoms with Crippen LogP contribution >= 0.6 is 15.9 Å². The molecule has 5 heteroatoms. The van der Waals surface area contributed by atoms with Crippen LogP contribution < -0.4 is 10.1 Å². The number of halogens is 1. The van der Waals surface area contributed by atoms with Crippen molar-refractivity contribution in [3.8, 4) is 5.75 Å². The highest BCUT2D eigenvalue weighted by molar-refractivity contribution is 9.10. The Morgan fingerprint density at radius 3 is 2.81 bits per heavy atom. The zero-order valence-corrected chi connectivity index (χ0v) is 13.6. The number of nitrogens with zero attached hydrogens (tertiary/aromatic N) is 1. The third kappa shape index (κ3) is 4.63. The van der Waals surface area contributed by atoms with Crippen molar-refractivity contribution < 1.29 is 9.53 Å². The number of amides is 1. The first-order valence-electron chi connectivity index (χ1n) is 7.02. The van der Waals surface area contributed by atoms with Gasteiger partial charge in [-0.25, -0.2) is 0 Å². The Labute approximate surface area is 133 Å². The first-order chi connectivity index (χ1) is 10.2. The lowest BCUT2D eigenvalue weighted by atomic mass is 10.3. The quantitative estimate of drug-likeness (QED) is 0.777. The summed E-state index contributed by atoms with van der Waals surface area (Å²) >= 11 is 3.41. The van der Waals surface area contributed by atoms with Crippen molar-refractivity contribution in [2.24, 2.45) is 0 Å². The Hall–Kier alpha value is -1.75. The van der Waals surface area contributed by atoms with Gasteiger partial charge in [0.2, 0.25) is 0 Å². The second kappa shape index (κ2) is 7.88. The lowest BCUT2D eigenvalue weighted by molar-refractivity contribution is 0.0937. The molecule has 1 heterocycles. The standard InChI is InChI=1S/C16H19BrN2O2/c1-2-9-19-12-13(17)11-15(19)16(20)18-8-10-21-14-6-4-3-5-7-14/h3-7,11-12H,2,8-10H2,1H3,(H,18,20). The Morgan fingerprint density at radius 2 is 2.10 bits per heavy atom. The number of nitrogens with one attached hydrogen (secondary N) is 1. The molecule has 1 aromatic heterocycles. The molecule has 2 rings (SSSR count). The summed E-state index contributed by atoms with van der Waals surface area (Å²) in [6.45, 7) is 3.84. The van der Waals surface area contributed by atoms with Crippen LogP contribution in [0.4, 0.5) is 0 Å². The van der Waals surface area contributed by atoms with Crippen molar-refractivity contribution in [2.45, 2.75) is 19.9 Å². The zero-order valence-electron chi connectivity index (χ0n) is 12.0. The fourth-order valence-corrected chi connectivity index (χ4v) is 2.50. The van der Waals surface area contributed by atoms with Gasteiger partial charge < -0.3 is 14.6 Å². The number of benzene rings is 1. The van der Waals surface area contributed by atoms with E-state index in [1.54, 1.807) is 0 Å². The Morgan fingerprint density at radius 1 is 1.33 bits per heavy atom. The normalized spacial score (nSPS) is 10.4. The second-order valence-electron chi connectivity index (χ2n) is 4.65. The molecule has 2 aromatic rings. The van der Waals surface area contributed by atoms with Crippen LogP contribution in [0.5, 0.6) is 5.75 Å². The monoisotopic (exact) mass is 350 g/mol. The Bertz CT molecular complexity index is 581. The van der Waals surface area contributed by atoms with E-state index in [9.17, 15) is 4.79 Å². The molecule has 4 nitrogen and oxygen atoms in total. The van der Waals surface area contributed by atoms with Gasteiger partial charge in [-0.05, 0) is 40.5 Å². The maximum Gasteiger partial charge on any atom is 0.268 e. The minimum absolute atomic E-state index is 0.0780. The lowest BCUT2D eigenvalue weighted by Gasteiger charge is -2.09. The first-order valence-corrected chi connectivity index (χ1v) is 7.81. The number of ether oxygens (including phenoxy) is 1. The summed E-state index contributed by atoms with van der Waals surface area (Å²) in [5.41, 5.74) is 0.670. The molecule has 0 fully saturated rings. The van der Waals surface area contributed by atoms with E-state index >= 15 is 0 Å². The van der Waals surface area contributed by atoms with Crippen LogP contribution in [0.2, 0.25) is 0 Å². The highest BCUT2D eigenvalue weighted by Crippen LogP contribution is 2.15. The van der Waals surface area contributed by atoms with Gasteiger partial charge in [-0.15, -0.1) is 0 Å². The van der Waals surface area contributed by atoms with E-state index in [0.717, 1.165) is 23.2 Å². The summed E-state index contributed by atoms with van der Waals surface area (Å²) in [6, 6.07) is 11.4. The highest BCUT2D eigenvalue weighted by atomic mass is 79.9. The molecule has 21 heavy (non-hydrogen) atoms. The van der Waals surface area contributed by atoms with Crippen molar-refractivity contribution in [2.75, 3.05) is 13.2 Å². The van der Waals surface area contributed by atoms with Gasteiger partial charge in [0.15, 0.2) is 0 Å². The van der Waals surface area contributed by atoms with Crippen LogP contribution in [0.15, 0.2) is 47.1 Å². The van der Waals surface area contributed by atoms with Gasteiger partial charge in [0.1, 0.15) is 18.1 Å². The van der Waals surface area contributed by atoms with Gasteiger partial charge in [0.25, 0.3) is 5.91 Å². The number of rotatable bonds is 7. The molecule has 0 radical (unpaired) electrons. The minimum Gasteiger partial charge on any atom is -0.492 e. The van der Waals surface area contributed by atoms with Gasteiger partial charge in [0.05, 0.1) is 6.54 Å². The summed E-state index contributed by atoms with van der Waals surface area (Å²) in [7, 11) is 0. The molecule has 1 N–H and O–H groups in total. The van der Waals surface area contributed by atoms with Crippen molar-refractivity contribution in [1.82, 2.24) is 9.88 Å². The van der Waals surface area contributed by atoms with Gasteiger partial charge in [-0.3, -0.25) is 4.79 Å². The molecular formula is C16H19BrN2O2. The number of carbonyl (C=O) groups excluding carboxylic acids is 1. The van der Waals surface area contributed by atoms with Gasteiger partial charge in [0, 0.05) is 17.2 Å². The van der Waals surface area contributed by atoms with Crippen molar-refractivity contribution in [3.05, 3.63) is 52.8 Å². The molecule has 112 valence electrons. The fraction of sp³-hybridized carbons (Fsp3) is 0.312. The van der Waals surface area contributed by atoms with E-state index < -0.39 is 0 Å². The highest BCUT2D eigenvalue weighted by Gasteiger charge is 2.12. The second-order valence-corrected chi connectivity index (χ2v) is 5.57. The van der Waals surface area contributed by atoms with E-state index in [-0.39, 0.29) is 5.91 Å². The topological polar surface area (TPSA) is 43.3 Å². The zero-order chi connectivity index (χ0) is 15.1. The van der Waals surface area contributed by atoms with Gasteiger partial charge in [-0.2, -0.15) is 0 Å². The van der Waals surface area contributed by atoms with E-state index in [0.29, 0.717) is 18.8 Å². The average molecular weight is 351 g/mol. The van der Waals surface area contributed by atoms with Gasteiger partial charge >= 0.3 is 0 Å². The number of carbonyl (C=O) groups is 1. The molecule has 0 saturated heterocycles. The number of hydrogen-bond donors (Lipinski definition) is 1. The summed E-state index contributed by atoms with van der Waals surface area (Å²) in [4.78, 5) is 12.2. The molecule has 0 spiro atoms. The van der Waals surface area contributed by atoms with Crippen molar-refractivity contribution >= 4 is 21.8 Å². The van der Waals surface area contributed by atoms with Crippen LogP contribution in [0.25, 0.3) is 0 Å². The number of aromatic nitrogens is 1. The smallest absolute Gasteiger partial charge is 0.268 e. The molecule has 0 atom stereocenters. The fourth-order valence-electron chi connectivity index (χ4n) is 2.03. The number of para-hydroxylation sites is 1. The number of hydrogen-bond acceptors (Lipinski definition) is 2. The minimum atomic E-state index is -0.0780. The van der Waals surface area contributed by atoms with Gasteiger partial charge in [-0.1, -0.05) is 25.1 Å². The third-order valence-corrected chi connectivity index (χ3v) is 3.39. The van der Waals surface area contributed by atoms with E-state index in [2.05, 4.69) is 28.2 Å². The average Bonchev–Trinajstić information content (AvgIpc) is 2.86. The number of aryl methyl sites for hydroxylation is 1. The van der Waals surface area contributed by atoms with E-state index in [1.807, 2.05) is 47.2 Å². The summed E-state index contributed by atoms with van der Waals surface area (Å²) in [6.07, 6.45) is 2.91. The molecule has 1 amide bonds. The molecule has 0 bridgehead atoms. The SMILES string of the molecule is CCCn1cc(Br)cc1C(=O)NCCOc1ccccc1. The van der Waals surface area contributed by atoms with E-state index in [4.69, 9.17) is 4.74 Å². The Kier molecular flexibility index (Phi) is 5.87. The maximum atomic E-state index is 12.2. The van der Waals surface area contributed by atoms with Crippen LogP contribution in [0.3, 0.4) is 0 Å². The molecule has 0 saturated carbocycles. The van der Waals surface area contributed by atoms with Crippen LogP contribution in [-0.2, 0) is 6.54 Å². The summed E-state index contributed by atoms with van der Waals surface area (Å²) < 4.78 is 8.42. The van der Waals surface area contributed by atoms with Crippen LogP contribution in [0.1, 0.15) is 23.8 Å². The van der Waals surface area contributed by atoms with Crippen LogP contribution in [-0.4, -0.2) is 23.6 Å². The molecule has 0 unspecified atom stereocenters. The lowest BCUT2D eigenvalue weighted by Crippen LogP contribution is -2.29. The third-order valence-electron chi connectivity index (χ3n) is 2.96. The van der Waals surface area contributed by atoms with Crippen LogP contribution in [0, 0.1) is 0 Å². The molecule has 1 aromatic carbocycles. The predicted molar refractivity (Wildman–Crippen MR) is 86.7 cm³/mol.